The summed E-state index contributed by atoms with van der Waals surface area (Å²) >= 11 is 12.4. The predicted octanol–water partition coefficient (Wildman–Crippen LogP) is 5.19. The number of rotatable bonds is 7. The van der Waals surface area contributed by atoms with E-state index in [1.165, 1.54) is 0 Å². The SMILES string of the molecule is COc1ccc(-n2nc(CC(C(=O)O[NH3+])c3cccc(C)c3)cc2-c2ccc(Cl)c(Cl)c2)cc1. The second-order valence-corrected chi connectivity index (χ2v) is 8.71. The Balaban J connectivity index is 1.80. The molecule has 6 nitrogen and oxygen atoms in total. The Morgan fingerprint density at radius 2 is 1.79 bits per heavy atom. The van der Waals surface area contributed by atoms with Gasteiger partial charge >= 0.3 is 5.97 Å². The molecule has 4 rings (SSSR count). The molecule has 1 aromatic heterocycles. The second kappa shape index (κ2) is 10.3. The van der Waals surface area contributed by atoms with Gasteiger partial charge in [-0.2, -0.15) is 11.0 Å². The lowest BCUT2D eigenvalue weighted by atomic mass is 9.93. The zero-order chi connectivity index (χ0) is 24.2. The maximum Gasteiger partial charge on any atom is 0.374 e. The maximum absolute atomic E-state index is 12.6. The molecule has 3 aromatic carbocycles. The van der Waals surface area contributed by atoms with E-state index in [1.54, 1.807) is 19.2 Å². The third kappa shape index (κ3) is 5.09. The Labute approximate surface area is 207 Å². The standard InChI is InChI=1S/C26H24Cl2N3O3/c1-16-4-3-5-17(12-16)22(26(32)34-29)14-19-15-25(18-6-11-23(27)24(28)13-18)31(30-19)20-7-9-21(33-2)10-8-20/h3-13,15,22H,14H2,1-2,29H3/q+1. The van der Waals surface area contributed by atoms with Crippen molar-refractivity contribution in [1.29, 1.82) is 0 Å². The lowest BCUT2D eigenvalue weighted by molar-refractivity contribution is -0.657. The number of carbonyl (C=O) groups is 1. The van der Waals surface area contributed by atoms with Crippen molar-refractivity contribution in [3.05, 3.63) is 99.7 Å². The van der Waals surface area contributed by atoms with Crippen molar-refractivity contribution in [1.82, 2.24) is 9.78 Å². The van der Waals surface area contributed by atoms with Crippen LogP contribution < -0.4 is 10.6 Å². The molecule has 3 N–H and O–H groups in total. The van der Waals surface area contributed by atoms with E-state index in [1.807, 2.05) is 72.3 Å². The Bertz CT molecular complexity index is 1320. The van der Waals surface area contributed by atoms with Crippen molar-refractivity contribution < 1.29 is 20.3 Å². The summed E-state index contributed by atoms with van der Waals surface area (Å²) in [4.78, 5) is 17.5. The largest absolute Gasteiger partial charge is 0.497 e. The van der Waals surface area contributed by atoms with Gasteiger partial charge in [-0.25, -0.2) is 9.48 Å². The van der Waals surface area contributed by atoms with Crippen molar-refractivity contribution in [2.24, 2.45) is 0 Å². The topological polar surface area (TPSA) is 81.0 Å². The predicted molar refractivity (Wildman–Crippen MR) is 132 cm³/mol. The zero-order valence-electron chi connectivity index (χ0n) is 18.8. The van der Waals surface area contributed by atoms with Crippen LogP contribution in [-0.4, -0.2) is 22.9 Å². The Hall–Kier alpha value is -3.32. The van der Waals surface area contributed by atoms with Crippen LogP contribution in [0.3, 0.4) is 0 Å². The van der Waals surface area contributed by atoms with Gasteiger partial charge in [0, 0.05) is 12.0 Å². The highest BCUT2D eigenvalue weighted by Gasteiger charge is 2.26. The van der Waals surface area contributed by atoms with Gasteiger partial charge in [-0.3, -0.25) is 4.84 Å². The molecule has 0 saturated carbocycles. The van der Waals surface area contributed by atoms with Crippen molar-refractivity contribution in [3.63, 3.8) is 0 Å². The molecule has 0 fully saturated rings. The highest BCUT2D eigenvalue weighted by molar-refractivity contribution is 6.42. The average molecular weight is 497 g/mol. The first-order chi connectivity index (χ1) is 16.4. The summed E-state index contributed by atoms with van der Waals surface area (Å²) in [5.74, 6) is 3.12. The molecule has 0 radical (unpaired) electrons. The lowest BCUT2D eigenvalue weighted by Crippen LogP contribution is -2.52. The molecule has 8 heteroatoms. The third-order valence-electron chi connectivity index (χ3n) is 5.58. The van der Waals surface area contributed by atoms with Crippen LogP contribution in [0.25, 0.3) is 16.9 Å². The number of aryl methyl sites for hydroxylation is 1. The number of benzene rings is 3. The van der Waals surface area contributed by atoms with E-state index in [0.29, 0.717) is 22.2 Å². The molecular weight excluding hydrogens is 473 g/mol. The van der Waals surface area contributed by atoms with E-state index in [9.17, 15) is 4.79 Å². The van der Waals surface area contributed by atoms with Crippen molar-refractivity contribution in [3.8, 4) is 22.7 Å². The minimum Gasteiger partial charge on any atom is -0.497 e. The fourth-order valence-electron chi connectivity index (χ4n) is 3.85. The summed E-state index contributed by atoms with van der Waals surface area (Å²) in [5, 5.41) is 5.76. The first-order valence-corrected chi connectivity index (χ1v) is 11.4. The fraction of sp³-hybridized carbons (Fsp3) is 0.154. The van der Waals surface area contributed by atoms with Gasteiger partial charge in [0.25, 0.3) is 0 Å². The molecule has 0 saturated heterocycles. The summed E-state index contributed by atoms with van der Waals surface area (Å²) in [7, 11) is 1.62. The van der Waals surface area contributed by atoms with Crippen LogP contribution in [-0.2, 0) is 16.1 Å². The minimum atomic E-state index is -0.543. The van der Waals surface area contributed by atoms with Gasteiger partial charge in [-0.1, -0.05) is 59.1 Å². The van der Waals surface area contributed by atoms with Crippen LogP contribution in [0.5, 0.6) is 5.75 Å². The zero-order valence-corrected chi connectivity index (χ0v) is 20.3. The molecule has 0 bridgehead atoms. The van der Waals surface area contributed by atoms with Crippen LogP contribution in [0.1, 0.15) is 22.7 Å². The normalized spacial score (nSPS) is 11.8. The highest BCUT2D eigenvalue weighted by Crippen LogP contribution is 2.32. The van der Waals surface area contributed by atoms with Gasteiger partial charge in [-0.15, -0.1) is 0 Å². The van der Waals surface area contributed by atoms with E-state index in [-0.39, 0.29) is 0 Å². The molecule has 4 aromatic rings. The molecule has 0 aliphatic rings. The smallest absolute Gasteiger partial charge is 0.374 e. The number of hydrogen-bond donors (Lipinski definition) is 1. The number of nitrogens with zero attached hydrogens (tertiary/aromatic N) is 2. The van der Waals surface area contributed by atoms with Crippen molar-refractivity contribution >= 4 is 29.2 Å². The Morgan fingerprint density at radius 1 is 1.03 bits per heavy atom. The molecule has 1 atom stereocenters. The lowest BCUT2D eigenvalue weighted by Gasteiger charge is -2.12. The first-order valence-electron chi connectivity index (χ1n) is 10.6. The summed E-state index contributed by atoms with van der Waals surface area (Å²) < 4.78 is 7.10. The van der Waals surface area contributed by atoms with E-state index in [2.05, 4.69) is 5.90 Å². The Morgan fingerprint density at radius 3 is 2.44 bits per heavy atom. The summed E-state index contributed by atoms with van der Waals surface area (Å²) in [5.41, 5.74) is 5.11. The molecule has 1 unspecified atom stereocenters. The molecule has 0 aliphatic carbocycles. The van der Waals surface area contributed by atoms with Crippen LogP contribution >= 0.6 is 23.2 Å². The number of aromatic nitrogens is 2. The van der Waals surface area contributed by atoms with Gasteiger partial charge in [0.1, 0.15) is 5.75 Å². The van der Waals surface area contributed by atoms with Gasteiger partial charge in [0.2, 0.25) is 0 Å². The highest BCUT2D eigenvalue weighted by atomic mass is 35.5. The van der Waals surface area contributed by atoms with Crippen LogP contribution in [0.4, 0.5) is 0 Å². The van der Waals surface area contributed by atoms with E-state index in [0.717, 1.165) is 33.8 Å². The maximum atomic E-state index is 12.6. The van der Waals surface area contributed by atoms with E-state index in [4.69, 9.17) is 37.9 Å². The number of halogens is 2. The number of quaternary nitrogens is 1. The monoisotopic (exact) mass is 496 g/mol. The van der Waals surface area contributed by atoms with E-state index < -0.39 is 11.9 Å². The van der Waals surface area contributed by atoms with E-state index >= 15 is 0 Å². The molecule has 0 amide bonds. The molecule has 0 spiro atoms. The fourth-order valence-corrected chi connectivity index (χ4v) is 4.14. The summed E-state index contributed by atoms with van der Waals surface area (Å²) in [6.45, 7) is 1.98. The molecule has 174 valence electrons. The van der Waals surface area contributed by atoms with Crippen LogP contribution in [0, 0.1) is 6.92 Å². The summed E-state index contributed by atoms with van der Waals surface area (Å²) in [6, 6.07) is 22.7. The second-order valence-electron chi connectivity index (χ2n) is 7.89. The molecule has 1 heterocycles. The molecule has 34 heavy (non-hydrogen) atoms. The van der Waals surface area contributed by atoms with Crippen LogP contribution in [0.15, 0.2) is 72.8 Å². The number of ether oxygens (including phenoxy) is 1. The van der Waals surface area contributed by atoms with Crippen molar-refractivity contribution in [2.75, 3.05) is 7.11 Å². The van der Waals surface area contributed by atoms with Crippen molar-refractivity contribution in [2.45, 2.75) is 19.3 Å². The Kier molecular flexibility index (Phi) is 7.22. The van der Waals surface area contributed by atoms with Gasteiger partial charge in [0.15, 0.2) is 0 Å². The van der Waals surface area contributed by atoms with Gasteiger partial charge < -0.3 is 4.74 Å². The van der Waals surface area contributed by atoms with Crippen LogP contribution in [0.2, 0.25) is 10.0 Å². The van der Waals surface area contributed by atoms with Gasteiger partial charge in [0.05, 0.1) is 40.1 Å². The van der Waals surface area contributed by atoms with Gasteiger partial charge in [-0.05, 0) is 55.0 Å². The first kappa shape index (κ1) is 23.8. The number of hydrogen-bond acceptors (Lipinski definition) is 4. The molecular formula is C26H24Cl2N3O3+. The molecule has 0 aliphatic heterocycles. The number of methoxy groups -OCH3 is 1. The quantitative estimate of drug-likeness (QED) is 0.357. The minimum absolute atomic E-state index is 0.343. The summed E-state index contributed by atoms with van der Waals surface area (Å²) in [6.07, 6.45) is 0.343. The number of carbonyl (C=O) groups excluding carboxylic acids is 1. The average Bonchev–Trinajstić information content (AvgIpc) is 3.27. The third-order valence-corrected chi connectivity index (χ3v) is 6.32.